The monoisotopic (exact) mass is 327 g/mol. The Morgan fingerprint density at radius 2 is 1.95 bits per heavy atom. The fourth-order valence-electron chi connectivity index (χ4n) is 1.96. The average molecular weight is 328 g/mol. The average Bonchev–Trinajstić information content (AvgIpc) is 3.24. The highest BCUT2D eigenvalue weighted by atomic mass is 35.5. The topological polar surface area (TPSA) is 79.5 Å². The van der Waals surface area contributed by atoms with E-state index in [1.807, 2.05) is 0 Å². The van der Waals surface area contributed by atoms with Crippen LogP contribution in [0.15, 0.2) is 18.2 Å². The minimum absolute atomic E-state index is 0. The molecule has 1 aromatic rings. The van der Waals surface area contributed by atoms with Gasteiger partial charge in [0.1, 0.15) is 5.75 Å². The molecule has 7 heteroatoms. The van der Waals surface area contributed by atoms with E-state index >= 15 is 0 Å². The van der Waals surface area contributed by atoms with Crippen molar-refractivity contribution in [3.05, 3.63) is 18.2 Å². The second-order valence-corrected chi connectivity index (χ2v) is 5.22. The molecule has 0 aliphatic heterocycles. The second kappa shape index (κ2) is 8.60. The van der Waals surface area contributed by atoms with Gasteiger partial charge in [0, 0.05) is 13.0 Å². The van der Waals surface area contributed by atoms with E-state index in [9.17, 15) is 9.59 Å². The van der Waals surface area contributed by atoms with Gasteiger partial charge in [-0.05, 0) is 37.4 Å². The zero-order chi connectivity index (χ0) is 15.2. The van der Waals surface area contributed by atoms with Crippen molar-refractivity contribution in [3.8, 4) is 5.75 Å². The number of nitrogens with one attached hydrogen (secondary N) is 3. The second-order valence-electron chi connectivity index (χ2n) is 5.22. The molecule has 0 bridgehead atoms. The van der Waals surface area contributed by atoms with E-state index in [4.69, 9.17) is 4.74 Å². The van der Waals surface area contributed by atoms with Crippen LogP contribution in [-0.2, 0) is 9.59 Å². The molecule has 0 heterocycles. The Morgan fingerprint density at radius 3 is 2.55 bits per heavy atom. The Labute approximate surface area is 136 Å². The predicted molar refractivity (Wildman–Crippen MR) is 88.8 cm³/mol. The molecule has 2 amide bonds. The summed E-state index contributed by atoms with van der Waals surface area (Å²) >= 11 is 0. The lowest BCUT2D eigenvalue weighted by molar-refractivity contribution is -0.116. The minimum atomic E-state index is -0.192. The van der Waals surface area contributed by atoms with Crippen LogP contribution in [0.25, 0.3) is 0 Å². The van der Waals surface area contributed by atoms with Crippen LogP contribution in [0.5, 0.6) is 5.75 Å². The van der Waals surface area contributed by atoms with E-state index in [0.717, 1.165) is 12.5 Å². The number of hydrogen-bond donors (Lipinski definition) is 3. The van der Waals surface area contributed by atoms with Gasteiger partial charge in [0.2, 0.25) is 11.8 Å². The van der Waals surface area contributed by atoms with Crippen molar-refractivity contribution in [3.63, 3.8) is 0 Å². The molecular formula is C15H22ClN3O3. The van der Waals surface area contributed by atoms with Crippen LogP contribution in [-0.4, -0.2) is 32.0 Å². The van der Waals surface area contributed by atoms with Crippen molar-refractivity contribution in [1.82, 2.24) is 5.32 Å². The zero-order valence-corrected chi connectivity index (χ0v) is 13.6. The van der Waals surface area contributed by atoms with E-state index in [-0.39, 0.29) is 30.8 Å². The summed E-state index contributed by atoms with van der Waals surface area (Å²) in [5.41, 5.74) is 1.08. The largest absolute Gasteiger partial charge is 0.497 e. The van der Waals surface area contributed by atoms with Crippen LogP contribution >= 0.6 is 12.4 Å². The van der Waals surface area contributed by atoms with Crippen LogP contribution in [0.1, 0.15) is 19.8 Å². The smallest absolute Gasteiger partial charge is 0.238 e. The maximum atomic E-state index is 11.9. The normalized spacial score (nSPS) is 13.0. The van der Waals surface area contributed by atoms with E-state index in [1.165, 1.54) is 19.8 Å². The van der Waals surface area contributed by atoms with Gasteiger partial charge >= 0.3 is 0 Å². The van der Waals surface area contributed by atoms with Crippen LogP contribution < -0.4 is 20.7 Å². The highest BCUT2D eigenvalue weighted by molar-refractivity contribution is 5.99. The molecule has 0 radical (unpaired) electrons. The van der Waals surface area contributed by atoms with Crippen molar-refractivity contribution < 1.29 is 14.3 Å². The highest BCUT2D eigenvalue weighted by Gasteiger charge is 2.20. The highest BCUT2D eigenvalue weighted by Crippen LogP contribution is 2.28. The number of rotatable bonds is 7. The van der Waals surface area contributed by atoms with E-state index < -0.39 is 0 Å². The molecule has 6 nitrogen and oxygen atoms in total. The molecular weight excluding hydrogens is 306 g/mol. The number of hydrogen-bond acceptors (Lipinski definition) is 4. The Bertz CT molecular complexity index is 533. The van der Waals surface area contributed by atoms with E-state index in [2.05, 4.69) is 16.0 Å². The molecule has 0 unspecified atom stereocenters. The number of methoxy groups -OCH3 is 1. The third kappa shape index (κ3) is 5.91. The maximum absolute atomic E-state index is 11.9. The van der Waals surface area contributed by atoms with Crippen molar-refractivity contribution in [2.45, 2.75) is 19.8 Å². The molecule has 22 heavy (non-hydrogen) atoms. The molecule has 0 aromatic heterocycles. The first-order valence-corrected chi connectivity index (χ1v) is 7.04. The summed E-state index contributed by atoms with van der Waals surface area (Å²) < 4.78 is 5.14. The fraction of sp³-hybridized carbons (Fsp3) is 0.467. The summed E-state index contributed by atoms with van der Waals surface area (Å²) in [5.74, 6) is 1.01. The van der Waals surface area contributed by atoms with Gasteiger partial charge in [-0.1, -0.05) is 0 Å². The van der Waals surface area contributed by atoms with Crippen molar-refractivity contribution in [2.75, 3.05) is 30.8 Å². The third-order valence-corrected chi connectivity index (χ3v) is 3.23. The SMILES string of the molecule is COc1ccc(NC(C)=O)c(NC(=O)CNCC2CC2)c1.Cl. The lowest BCUT2D eigenvalue weighted by atomic mass is 10.2. The molecule has 1 aliphatic rings. The quantitative estimate of drug-likeness (QED) is 0.716. The molecule has 1 fully saturated rings. The van der Waals surface area contributed by atoms with Gasteiger partial charge in [-0.15, -0.1) is 12.4 Å². The number of carbonyl (C=O) groups is 2. The molecule has 0 saturated heterocycles. The van der Waals surface area contributed by atoms with Gasteiger partial charge in [0.25, 0.3) is 0 Å². The van der Waals surface area contributed by atoms with Gasteiger partial charge in [0.15, 0.2) is 0 Å². The summed E-state index contributed by atoms with van der Waals surface area (Å²) in [6, 6.07) is 5.11. The Kier molecular flexibility index (Phi) is 7.14. The Morgan fingerprint density at radius 1 is 1.23 bits per heavy atom. The maximum Gasteiger partial charge on any atom is 0.238 e. The van der Waals surface area contributed by atoms with Gasteiger partial charge in [-0.2, -0.15) is 0 Å². The molecule has 2 rings (SSSR count). The number of ether oxygens (including phenoxy) is 1. The van der Waals surface area contributed by atoms with E-state index in [0.29, 0.717) is 17.1 Å². The number of halogens is 1. The first-order valence-electron chi connectivity index (χ1n) is 7.04. The molecule has 122 valence electrons. The third-order valence-electron chi connectivity index (χ3n) is 3.23. The Balaban J connectivity index is 0.00000242. The lowest BCUT2D eigenvalue weighted by Gasteiger charge is -2.13. The van der Waals surface area contributed by atoms with E-state index in [1.54, 1.807) is 25.3 Å². The molecule has 0 atom stereocenters. The molecule has 1 aromatic carbocycles. The standard InChI is InChI=1S/C15H21N3O3.ClH/c1-10(19)17-13-6-5-12(21-2)7-14(13)18-15(20)9-16-8-11-3-4-11;/h5-7,11,16H,3-4,8-9H2,1-2H3,(H,17,19)(H,18,20);1H. The number of carbonyl (C=O) groups excluding carboxylic acids is 2. The summed E-state index contributed by atoms with van der Waals surface area (Å²) in [7, 11) is 1.55. The Hall–Kier alpha value is -1.79. The first-order chi connectivity index (χ1) is 10.1. The summed E-state index contributed by atoms with van der Waals surface area (Å²) in [6.45, 7) is 2.56. The zero-order valence-electron chi connectivity index (χ0n) is 12.8. The number of benzene rings is 1. The van der Waals surface area contributed by atoms with Crippen molar-refractivity contribution in [2.24, 2.45) is 5.92 Å². The van der Waals surface area contributed by atoms with Crippen molar-refractivity contribution >= 4 is 35.6 Å². The van der Waals surface area contributed by atoms with Gasteiger partial charge in [-0.25, -0.2) is 0 Å². The summed E-state index contributed by atoms with van der Waals surface area (Å²) in [4.78, 5) is 23.1. The van der Waals surface area contributed by atoms with Crippen LogP contribution in [0.2, 0.25) is 0 Å². The summed E-state index contributed by atoms with van der Waals surface area (Å²) in [6.07, 6.45) is 2.49. The van der Waals surface area contributed by atoms with Gasteiger partial charge in [0.05, 0.1) is 25.0 Å². The fourth-order valence-corrected chi connectivity index (χ4v) is 1.96. The molecule has 1 saturated carbocycles. The number of amides is 2. The van der Waals surface area contributed by atoms with Gasteiger partial charge < -0.3 is 20.7 Å². The van der Waals surface area contributed by atoms with Crippen molar-refractivity contribution in [1.29, 1.82) is 0 Å². The van der Waals surface area contributed by atoms with Crippen LogP contribution in [0.3, 0.4) is 0 Å². The minimum Gasteiger partial charge on any atom is -0.497 e. The molecule has 0 spiro atoms. The first kappa shape index (κ1) is 18.3. The molecule has 1 aliphatic carbocycles. The summed E-state index contributed by atoms with van der Waals surface area (Å²) in [5, 5.41) is 8.60. The predicted octanol–water partition coefficient (Wildman–Crippen LogP) is 2.01. The van der Waals surface area contributed by atoms with Gasteiger partial charge in [-0.3, -0.25) is 9.59 Å². The van der Waals surface area contributed by atoms with Crippen LogP contribution in [0.4, 0.5) is 11.4 Å². The molecule has 3 N–H and O–H groups in total. The lowest BCUT2D eigenvalue weighted by Crippen LogP contribution is -2.29. The van der Waals surface area contributed by atoms with Crippen LogP contribution in [0, 0.1) is 5.92 Å². The number of anilines is 2.